The lowest BCUT2D eigenvalue weighted by Gasteiger charge is -2.27. The Bertz CT molecular complexity index is 408. The zero-order valence-electron chi connectivity index (χ0n) is 11.2. The van der Waals surface area contributed by atoms with Gasteiger partial charge in [-0.25, -0.2) is 0 Å². The highest BCUT2D eigenvalue weighted by molar-refractivity contribution is 6.42. The minimum absolute atomic E-state index is 0.201. The molecule has 0 aliphatic carbocycles. The molecule has 1 aliphatic rings. The highest BCUT2D eigenvalue weighted by atomic mass is 35.5. The molecule has 5 heteroatoms. The third kappa shape index (κ3) is 4.33. The summed E-state index contributed by atoms with van der Waals surface area (Å²) < 4.78 is 5.33. The molecule has 0 aromatic heterocycles. The fourth-order valence-corrected chi connectivity index (χ4v) is 2.70. The van der Waals surface area contributed by atoms with Crippen molar-refractivity contribution in [1.29, 1.82) is 0 Å². The Morgan fingerprint density at radius 3 is 2.79 bits per heavy atom. The van der Waals surface area contributed by atoms with E-state index in [9.17, 15) is 0 Å². The number of benzene rings is 1. The average molecular weight is 303 g/mol. The standard InChI is InChI=1S/C14H20Cl2N2O/c1-11(12-3-2-4-13(15)14(12)16)17-5-6-18-7-9-19-10-8-18/h2-4,11,17H,5-10H2,1H3. The van der Waals surface area contributed by atoms with E-state index < -0.39 is 0 Å². The summed E-state index contributed by atoms with van der Waals surface area (Å²) in [5.74, 6) is 0. The maximum Gasteiger partial charge on any atom is 0.0639 e. The van der Waals surface area contributed by atoms with E-state index in [4.69, 9.17) is 27.9 Å². The number of morpholine rings is 1. The van der Waals surface area contributed by atoms with Gasteiger partial charge in [-0.15, -0.1) is 0 Å². The molecule has 1 aromatic carbocycles. The molecule has 1 unspecified atom stereocenters. The topological polar surface area (TPSA) is 24.5 Å². The van der Waals surface area contributed by atoms with Crippen molar-refractivity contribution in [2.24, 2.45) is 0 Å². The first-order valence-electron chi connectivity index (χ1n) is 6.66. The summed E-state index contributed by atoms with van der Waals surface area (Å²) in [5, 5.41) is 4.75. The molecular weight excluding hydrogens is 283 g/mol. The van der Waals surface area contributed by atoms with Crippen LogP contribution in [-0.2, 0) is 4.74 Å². The Morgan fingerprint density at radius 1 is 1.32 bits per heavy atom. The second kappa shape index (κ2) is 7.46. The summed E-state index contributed by atoms with van der Waals surface area (Å²) in [6.07, 6.45) is 0. The summed E-state index contributed by atoms with van der Waals surface area (Å²) in [5.41, 5.74) is 1.05. The van der Waals surface area contributed by atoms with Crippen molar-refractivity contribution in [3.63, 3.8) is 0 Å². The zero-order valence-corrected chi connectivity index (χ0v) is 12.7. The first kappa shape index (κ1) is 15.1. The maximum absolute atomic E-state index is 6.22. The minimum atomic E-state index is 0.201. The number of hydrogen-bond donors (Lipinski definition) is 1. The SMILES string of the molecule is CC(NCCN1CCOCC1)c1cccc(Cl)c1Cl. The van der Waals surface area contributed by atoms with Crippen molar-refractivity contribution in [2.75, 3.05) is 39.4 Å². The smallest absolute Gasteiger partial charge is 0.0639 e. The number of nitrogens with zero attached hydrogens (tertiary/aromatic N) is 1. The van der Waals surface area contributed by atoms with Crippen molar-refractivity contribution >= 4 is 23.2 Å². The van der Waals surface area contributed by atoms with Gasteiger partial charge in [0.2, 0.25) is 0 Å². The van der Waals surface area contributed by atoms with E-state index in [2.05, 4.69) is 17.1 Å². The van der Waals surface area contributed by atoms with Gasteiger partial charge in [0.15, 0.2) is 0 Å². The molecule has 0 spiro atoms. The van der Waals surface area contributed by atoms with Gasteiger partial charge in [-0.3, -0.25) is 4.90 Å². The van der Waals surface area contributed by atoms with Gasteiger partial charge in [0.1, 0.15) is 0 Å². The van der Waals surface area contributed by atoms with Crippen LogP contribution in [0.3, 0.4) is 0 Å². The van der Waals surface area contributed by atoms with Crippen LogP contribution in [0.4, 0.5) is 0 Å². The summed E-state index contributed by atoms with van der Waals surface area (Å²) in [7, 11) is 0. The van der Waals surface area contributed by atoms with Gasteiger partial charge in [-0.2, -0.15) is 0 Å². The van der Waals surface area contributed by atoms with Crippen LogP contribution < -0.4 is 5.32 Å². The Balaban J connectivity index is 1.80. The van der Waals surface area contributed by atoms with Gasteiger partial charge in [0.25, 0.3) is 0 Å². The van der Waals surface area contributed by atoms with Crippen LogP contribution in [-0.4, -0.2) is 44.3 Å². The van der Waals surface area contributed by atoms with E-state index >= 15 is 0 Å². The van der Waals surface area contributed by atoms with Crippen molar-refractivity contribution in [3.8, 4) is 0 Å². The van der Waals surface area contributed by atoms with E-state index in [1.165, 1.54) is 0 Å². The number of rotatable bonds is 5. The number of hydrogen-bond acceptors (Lipinski definition) is 3. The molecule has 1 aliphatic heterocycles. The van der Waals surface area contributed by atoms with E-state index in [1.807, 2.05) is 18.2 Å². The van der Waals surface area contributed by atoms with Gasteiger partial charge in [-0.1, -0.05) is 35.3 Å². The van der Waals surface area contributed by atoms with Gasteiger partial charge < -0.3 is 10.1 Å². The maximum atomic E-state index is 6.22. The second-order valence-corrected chi connectivity index (χ2v) is 5.56. The molecule has 1 N–H and O–H groups in total. The fourth-order valence-electron chi connectivity index (χ4n) is 2.23. The molecule has 1 saturated heterocycles. The number of nitrogens with one attached hydrogen (secondary N) is 1. The summed E-state index contributed by atoms with van der Waals surface area (Å²) >= 11 is 12.2. The fraction of sp³-hybridized carbons (Fsp3) is 0.571. The zero-order chi connectivity index (χ0) is 13.7. The van der Waals surface area contributed by atoms with E-state index in [1.54, 1.807) is 0 Å². The Labute approximate surface area is 124 Å². The Kier molecular flexibility index (Phi) is 5.92. The molecular formula is C14H20Cl2N2O. The van der Waals surface area contributed by atoms with Gasteiger partial charge in [-0.05, 0) is 18.6 Å². The molecule has 0 amide bonds. The predicted molar refractivity (Wildman–Crippen MR) is 80.1 cm³/mol. The Morgan fingerprint density at radius 2 is 2.05 bits per heavy atom. The largest absolute Gasteiger partial charge is 0.379 e. The predicted octanol–water partition coefficient (Wildman–Crippen LogP) is 2.98. The average Bonchev–Trinajstić information content (AvgIpc) is 2.43. The lowest BCUT2D eigenvalue weighted by atomic mass is 10.1. The number of ether oxygens (including phenoxy) is 1. The van der Waals surface area contributed by atoms with E-state index in [0.717, 1.165) is 45.0 Å². The third-order valence-electron chi connectivity index (χ3n) is 3.43. The van der Waals surface area contributed by atoms with Gasteiger partial charge in [0.05, 0.1) is 23.3 Å². The molecule has 0 saturated carbocycles. The van der Waals surface area contributed by atoms with Crippen molar-refractivity contribution < 1.29 is 4.74 Å². The summed E-state index contributed by atoms with van der Waals surface area (Å²) in [6.45, 7) is 7.81. The first-order valence-corrected chi connectivity index (χ1v) is 7.41. The molecule has 2 rings (SSSR count). The molecule has 106 valence electrons. The van der Waals surface area contributed by atoms with Crippen LogP contribution in [0.5, 0.6) is 0 Å². The van der Waals surface area contributed by atoms with Crippen LogP contribution in [0.2, 0.25) is 10.0 Å². The molecule has 0 bridgehead atoms. The van der Waals surface area contributed by atoms with Crippen LogP contribution in [0.15, 0.2) is 18.2 Å². The molecule has 1 fully saturated rings. The quantitative estimate of drug-likeness (QED) is 0.905. The van der Waals surface area contributed by atoms with Crippen molar-refractivity contribution in [2.45, 2.75) is 13.0 Å². The molecule has 1 aromatic rings. The summed E-state index contributed by atoms with van der Waals surface area (Å²) in [4.78, 5) is 2.41. The minimum Gasteiger partial charge on any atom is -0.379 e. The lowest BCUT2D eigenvalue weighted by Crippen LogP contribution is -2.40. The lowest BCUT2D eigenvalue weighted by molar-refractivity contribution is 0.0382. The highest BCUT2D eigenvalue weighted by Crippen LogP contribution is 2.29. The van der Waals surface area contributed by atoms with E-state index in [0.29, 0.717) is 10.0 Å². The second-order valence-electron chi connectivity index (χ2n) is 4.77. The van der Waals surface area contributed by atoms with Crippen LogP contribution in [0.25, 0.3) is 0 Å². The molecule has 1 atom stereocenters. The highest BCUT2D eigenvalue weighted by Gasteiger charge is 2.13. The molecule has 0 radical (unpaired) electrons. The van der Waals surface area contributed by atoms with Gasteiger partial charge in [0, 0.05) is 32.2 Å². The third-order valence-corrected chi connectivity index (χ3v) is 4.26. The monoisotopic (exact) mass is 302 g/mol. The molecule has 1 heterocycles. The van der Waals surface area contributed by atoms with Crippen LogP contribution in [0.1, 0.15) is 18.5 Å². The van der Waals surface area contributed by atoms with Crippen molar-refractivity contribution in [3.05, 3.63) is 33.8 Å². The van der Waals surface area contributed by atoms with Crippen LogP contribution >= 0.6 is 23.2 Å². The molecule has 3 nitrogen and oxygen atoms in total. The normalized spacial score (nSPS) is 18.5. The van der Waals surface area contributed by atoms with Gasteiger partial charge >= 0.3 is 0 Å². The molecule has 19 heavy (non-hydrogen) atoms. The number of halogens is 2. The first-order chi connectivity index (χ1) is 9.18. The van der Waals surface area contributed by atoms with E-state index in [-0.39, 0.29) is 6.04 Å². The van der Waals surface area contributed by atoms with Crippen LogP contribution in [0, 0.1) is 0 Å². The summed E-state index contributed by atoms with van der Waals surface area (Å²) in [6, 6.07) is 5.96. The Hall–Kier alpha value is -0.320. The van der Waals surface area contributed by atoms with Crippen molar-refractivity contribution in [1.82, 2.24) is 10.2 Å².